The fourth-order valence-electron chi connectivity index (χ4n) is 2.55. The lowest BCUT2D eigenvalue weighted by molar-refractivity contribution is -0.137. The van der Waals surface area contributed by atoms with Crippen molar-refractivity contribution in [1.82, 2.24) is 0 Å². The highest BCUT2D eigenvalue weighted by Gasteiger charge is 2.23. The number of hydrogen-bond donors (Lipinski definition) is 1. The van der Waals surface area contributed by atoms with E-state index in [9.17, 15) is 13.2 Å². The molecule has 0 aromatic heterocycles. The van der Waals surface area contributed by atoms with Crippen molar-refractivity contribution >= 4 is 15.8 Å². The van der Waals surface area contributed by atoms with Gasteiger partial charge in [0, 0.05) is 13.0 Å². The number of hydrogen-bond acceptors (Lipinski definition) is 4. The van der Waals surface area contributed by atoms with E-state index in [0.29, 0.717) is 12.8 Å². The quantitative estimate of drug-likeness (QED) is 0.592. The number of carboxylic acids is 1. The third-order valence-corrected chi connectivity index (χ3v) is 5.61. The first-order chi connectivity index (χ1) is 9.99. The van der Waals surface area contributed by atoms with E-state index in [1.807, 2.05) is 0 Å². The van der Waals surface area contributed by atoms with Gasteiger partial charge in [-0.25, -0.2) is 8.42 Å². The van der Waals surface area contributed by atoms with E-state index < -0.39 is 15.8 Å². The van der Waals surface area contributed by atoms with Crippen LogP contribution in [-0.2, 0) is 19.4 Å². The number of unbranched alkanes of at least 4 members (excludes halogenated alkanes) is 6. The molecule has 1 fully saturated rings. The highest BCUT2D eigenvalue weighted by atomic mass is 32.2. The largest absolute Gasteiger partial charge is 0.481 e. The summed E-state index contributed by atoms with van der Waals surface area (Å²) in [6, 6.07) is 0. The van der Waals surface area contributed by atoms with Crippen LogP contribution < -0.4 is 0 Å². The Bertz CT molecular complexity index is 377. The predicted octanol–water partition coefficient (Wildman–Crippen LogP) is 2.79. The molecule has 0 spiro atoms. The first-order valence-corrected chi connectivity index (χ1v) is 9.85. The minimum atomic E-state index is -2.79. The molecular formula is C15H28O5S. The predicted molar refractivity (Wildman–Crippen MR) is 82.2 cm³/mol. The molecule has 0 aromatic rings. The van der Waals surface area contributed by atoms with E-state index >= 15 is 0 Å². The minimum absolute atomic E-state index is 0.129. The molecule has 1 heterocycles. The highest BCUT2D eigenvalue weighted by molar-refractivity contribution is 7.91. The molecule has 0 aliphatic carbocycles. The maximum atomic E-state index is 11.3. The van der Waals surface area contributed by atoms with Crippen molar-refractivity contribution in [1.29, 1.82) is 0 Å². The van der Waals surface area contributed by atoms with Gasteiger partial charge in [0.05, 0.1) is 17.6 Å². The van der Waals surface area contributed by atoms with Gasteiger partial charge in [-0.3, -0.25) is 4.79 Å². The number of aliphatic carboxylic acids is 1. The number of ether oxygens (including phenoxy) is 1. The molecule has 1 N–H and O–H groups in total. The summed E-state index contributed by atoms with van der Waals surface area (Å²) in [6.07, 6.45) is 9.06. The summed E-state index contributed by atoms with van der Waals surface area (Å²) < 4.78 is 28.3. The molecule has 0 amide bonds. The Balaban J connectivity index is 1.84. The normalized spacial score (nSPS) is 18.7. The molecule has 21 heavy (non-hydrogen) atoms. The Labute approximate surface area is 128 Å². The second-order valence-electron chi connectivity index (χ2n) is 5.84. The Morgan fingerprint density at radius 1 is 0.952 bits per heavy atom. The summed E-state index contributed by atoms with van der Waals surface area (Å²) in [5, 5.41) is 8.50. The van der Waals surface area contributed by atoms with Gasteiger partial charge in [-0.2, -0.15) is 0 Å². The molecule has 1 aliphatic rings. The Morgan fingerprint density at radius 3 is 2.05 bits per heavy atom. The van der Waals surface area contributed by atoms with Crippen molar-refractivity contribution in [2.75, 3.05) is 18.1 Å². The Kier molecular flexibility index (Phi) is 8.92. The molecule has 0 unspecified atom stereocenters. The van der Waals surface area contributed by atoms with Gasteiger partial charge in [0.25, 0.3) is 0 Å². The van der Waals surface area contributed by atoms with Crippen LogP contribution in [0.25, 0.3) is 0 Å². The number of sulfone groups is 1. The zero-order valence-electron chi connectivity index (χ0n) is 12.8. The lowest BCUT2D eigenvalue weighted by Gasteiger charge is -2.22. The summed E-state index contributed by atoms with van der Waals surface area (Å²) in [5.41, 5.74) is 0. The highest BCUT2D eigenvalue weighted by Crippen LogP contribution is 2.16. The molecule has 0 aromatic carbocycles. The van der Waals surface area contributed by atoms with Crippen molar-refractivity contribution in [3.05, 3.63) is 0 Å². The SMILES string of the molecule is O=C(O)CCCCCCCCCOC1CCS(=O)(=O)CC1. The molecule has 1 rings (SSSR count). The number of rotatable bonds is 11. The molecule has 1 aliphatic heterocycles. The van der Waals surface area contributed by atoms with E-state index in [4.69, 9.17) is 9.84 Å². The Morgan fingerprint density at radius 2 is 1.48 bits per heavy atom. The number of carboxylic acid groups (broad SMARTS) is 1. The monoisotopic (exact) mass is 320 g/mol. The van der Waals surface area contributed by atoms with Crippen LogP contribution in [0.15, 0.2) is 0 Å². The van der Waals surface area contributed by atoms with Crippen molar-refractivity contribution in [3.8, 4) is 0 Å². The molecule has 0 radical (unpaired) electrons. The lowest BCUT2D eigenvalue weighted by atomic mass is 10.1. The Hall–Kier alpha value is -0.620. The summed E-state index contributed by atoms with van der Waals surface area (Å²) in [4.78, 5) is 10.3. The molecule has 0 bridgehead atoms. The first-order valence-electron chi connectivity index (χ1n) is 8.03. The molecule has 1 saturated heterocycles. The van der Waals surface area contributed by atoms with Gasteiger partial charge in [0.2, 0.25) is 0 Å². The maximum absolute atomic E-state index is 11.3. The molecular weight excluding hydrogens is 292 g/mol. The van der Waals surface area contributed by atoms with Crippen LogP contribution in [0.1, 0.15) is 64.2 Å². The zero-order chi connectivity index (χ0) is 15.6. The fraction of sp³-hybridized carbons (Fsp3) is 0.933. The first kappa shape index (κ1) is 18.4. The van der Waals surface area contributed by atoms with Crippen molar-refractivity contribution < 1.29 is 23.1 Å². The van der Waals surface area contributed by atoms with Crippen molar-refractivity contribution in [3.63, 3.8) is 0 Å². The lowest BCUT2D eigenvalue weighted by Crippen LogP contribution is -2.29. The van der Waals surface area contributed by atoms with Crippen LogP contribution in [0.5, 0.6) is 0 Å². The third kappa shape index (κ3) is 9.85. The van der Waals surface area contributed by atoms with Gasteiger partial charge in [-0.1, -0.05) is 32.1 Å². The van der Waals surface area contributed by atoms with Gasteiger partial charge >= 0.3 is 5.97 Å². The van der Waals surface area contributed by atoms with Crippen LogP contribution in [0.4, 0.5) is 0 Å². The van der Waals surface area contributed by atoms with E-state index in [1.165, 1.54) is 0 Å². The second-order valence-corrected chi connectivity index (χ2v) is 8.14. The van der Waals surface area contributed by atoms with E-state index in [0.717, 1.165) is 51.6 Å². The molecule has 6 heteroatoms. The average Bonchev–Trinajstić information content (AvgIpc) is 2.42. The second kappa shape index (κ2) is 10.2. The molecule has 0 atom stereocenters. The third-order valence-electron chi connectivity index (χ3n) is 3.89. The molecule has 5 nitrogen and oxygen atoms in total. The molecule has 124 valence electrons. The van der Waals surface area contributed by atoms with Crippen LogP contribution >= 0.6 is 0 Å². The van der Waals surface area contributed by atoms with E-state index in [-0.39, 0.29) is 24.0 Å². The van der Waals surface area contributed by atoms with Crippen LogP contribution in [0, 0.1) is 0 Å². The van der Waals surface area contributed by atoms with Crippen LogP contribution in [0.2, 0.25) is 0 Å². The van der Waals surface area contributed by atoms with Gasteiger partial charge in [0.15, 0.2) is 9.84 Å². The topological polar surface area (TPSA) is 80.7 Å². The van der Waals surface area contributed by atoms with Crippen molar-refractivity contribution in [2.45, 2.75) is 70.3 Å². The van der Waals surface area contributed by atoms with Crippen LogP contribution in [-0.4, -0.2) is 43.7 Å². The minimum Gasteiger partial charge on any atom is -0.481 e. The summed E-state index contributed by atoms with van der Waals surface area (Å²) in [6.45, 7) is 0.726. The number of carbonyl (C=O) groups is 1. The van der Waals surface area contributed by atoms with E-state index in [2.05, 4.69) is 0 Å². The smallest absolute Gasteiger partial charge is 0.303 e. The average molecular weight is 320 g/mol. The standard InChI is InChI=1S/C15H28O5S/c16-15(17)8-6-4-2-1-3-5-7-11-20-14-9-12-21(18,19)13-10-14/h14H,1-13H2,(H,16,17). The van der Waals surface area contributed by atoms with Crippen LogP contribution in [0.3, 0.4) is 0 Å². The fourth-order valence-corrected chi connectivity index (χ4v) is 4.00. The summed E-state index contributed by atoms with van der Waals surface area (Å²) >= 11 is 0. The van der Waals surface area contributed by atoms with Gasteiger partial charge in [-0.05, 0) is 25.7 Å². The van der Waals surface area contributed by atoms with Crippen molar-refractivity contribution in [2.24, 2.45) is 0 Å². The van der Waals surface area contributed by atoms with Gasteiger partial charge in [0.1, 0.15) is 0 Å². The van der Waals surface area contributed by atoms with E-state index in [1.54, 1.807) is 0 Å². The van der Waals surface area contributed by atoms with Gasteiger partial charge in [-0.15, -0.1) is 0 Å². The molecule has 0 saturated carbocycles. The van der Waals surface area contributed by atoms with Gasteiger partial charge < -0.3 is 9.84 Å². The summed E-state index contributed by atoms with van der Waals surface area (Å²) in [5.74, 6) is -0.162. The maximum Gasteiger partial charge on any atom is 0.303 e. The summed E-state index contributed by atoms with van der Waals surface area (Å²) in [7, 11) is -2.79. The zero-order valence-corrected chi connectivity index (χ0v) is 13.6.